The molecule has 0 aliphatic heterocycles. The van der Waals surface area contributed by atoms with Crippen LogP contribution >= 0.6 is 0 Å². The molecule has 1 heterocycles. The Bertz CT molecular complexity index is 715. The van der Waals surface area contributed by atoms with Crippen molar-refractivity contribution >= 4 is 5.95 Å². The quantitative estimate of drug-likeness (QED) is 0.288. The fraction of sp³-hybridized carbons (Fsp3) is 0.833. The van der Waals surface area contributed by atoms with Crippen LogP contribution in [0.5, 0.6) is 0 Å². The first-order valence-corrected chi connectivity index (χ1v) is 9.56. The van der Waals surface area contributed by atoms with Crippen molar-refractivity contribution in [3.63, 3.8) is 0 Å². The standard InChI is InChI=1S/C18H33N7O4/c1-13(22-26)17(4,5)20-11-16(2,3)12-21-18(6,7)14(23-27)10-24-9-8-19-15(24)25(28)29/h8-9,13-14,20-21H,10-12H2,1-7H3. The van der Waals surface area contributed by atoms with Gasteiger partial charge in [0, 0.05) is 24.2 Å². The second-order valence-electron chi connectivity index (χ2n) is 9.35. The molecular weight excluding hydrogens is 378 g/mol. The van der Waals surface area contributed by atoms with E-state index in [-0.39, 0.29) is 23.9 Å². The average molecular weight is 412 g/mol. The summed E-state index contributed by atoms with van der Waals surface area (Å²) in [5.41, 5.74) is -1.35. The van der Waals surface area contributed by atoms with E-state index in [4.69, 9.17) is 0 Å². The lowest BCUT2D eigenvalue weighted by Crippen LogP contribution is -2.56. The molecule has 11 nitrogen and oxygen atoms in total. The van der Waals surface area contributed by atoms with Crippen molar-refractivity contribution in [2.45, 2.75) is 78.2 Å². The molecule has 0 spiro atoms. The minimum atomic E-state index is -0.741. The fourth-order valence-corrected chi connectivity index (χ4v) is 2.59. The van der Waals surface area contributed by atoms with Crippen LogP contribution in [0.25, 0.3) is 0 Å². The van der Waals surface area contributed by atoms with Crippen LogP contribution in [0, 0.1) is 25.3 Å². The highest BCUT2D eigenvalue weighted by Crippen LogP contribution is 2.22. The SMILES string of the molecule is CC(N=O)C(C)(C)NCC(C)(C)CNC(C)(C)C(Cn1ccnc1[N+](=O)[O-])N=O. The predicted octanol–water partition coefficient (Wildman–Crippen LogP) is 2.84. The molecule has 0 saturated carbocycles. The maximum atomic E-state index is 11.5. The number of rotatable bonds is 13. The zero-order valence-electron chi connectivity index (χ0n) is 18.3. The minimum absolute atomic E-state index is 0.0496. The Morgan fingerprint density at radius 3 is 2.14 bits per heavy atom. The summed E-state index contributed by atoms with van der Waals surface area (Å²) in [5.74, 6) is -0.320. The summed E-state index contributed by atoms with van der Waals surface area (Å²) in [6, 6.07) is -1.12. The molecule has 0 amide bonds. The number of nitrogens with one attached hydrogen (secondary N) is 2. The van der Waals surface area contributed by atoms with E-state index >= 15 is 0 Å². The first kappa shape index (κ1) is 24.8. The van der Waals surface area contributed by atoms with Gasteiger partial charge in [0.05, 0.1) is 6.54 Å². The van der Waals surface area contributed by atoms with Crippen molar-refractivity contribution in [1.82, 2.24) is 20.2 Å². The molecule has 164 valence electrons. The van der Waals surface area contributed by atoms with E-state index in [1.54, 1.807) is 6.92 Å². The van der Waals surface area contributed by atoms with E-state index < -0.39 is 22.0 Å². The van der Waals surface area contributed by atoms with E-state index in [1.165, 1.54) is 17.0 Å². The highest BCUT2D eigenvalue weighted by molar-refractivity contribution is 5.08. The van der Waals surface area contributed by atoms with Crippen molar-refractivity contribution in [2.24, 2.45) is 15.8 Å². The fourth-order valence-electron chi connectivity index (χ4n) is 2.59. The van der Waals surface area contributed by atoms with Crippen molar-refractivity contribution in [3.8, 4) is 0 Å². The van der Waals surface area contributed by atoms with Crippen LogP contribution in [-0.2, 0) is 6.54 Å². The molecule has 2 N–H and O–H groups in total. The Morgan fingerprint density at radius 2 is 1.66 bits per heavy atom. The smallest absolute Gasteiger partial charge is 0.390 e. The van der Waals surface area contributed by atoms with Crippen LogP contribution in [0.4, 0.5) is 5.95 Å². The average Bonchev–Trinajstić information content (AvgIpc) is 3.11. The number of nitro groups is 1. The van der Waals surface area contributed by atoms with Crippen LogP contribution in [0.1, 0.15) is 48.5 Å². The van der Waals surface area contributed by atoms with Gasteiger partial charge < -0.3 is 20.7 Å². The molecule has 0 aliphatic rings. The Hall–Kier alpha value is -2.27. The monoisotopic (exact) mass is 411 g/mol. The lowest BCUT2D eigenvalue weighted by molar-refractivity contribution is -0.396. The number of hydrogen-bond acceptors (Lipinski definition) is 9. The van der Waals surface area contributed by atoms with Gasteiger partial charge in [-0.05, 0) is 45.0 Å². The topological polar surface area (TPSA) is 144 Å². The molecule has 0 radical (unpaired) electrons. The van der Waals surface area contributed by atoms with E-state index in [0.29, 0.717) is 13.1 Å². The summed E-state index contributed by atoms with van der Waals surface area (Å²) in [6.45, 7) is 14.6. The minimum Gasteiger partial charge on any atom is -0.390 e. The highest BCUT2D eigenvalue weighted by Gasteiger charge is 2.36. The van der Waals surface area contributed by atoms with Crippen molar-refractivity contribution in [1.29, 1.82) is 0 Å². The molecule has 29 heavy (non-hydrogen) atoms. The van der Waals surface area contributed by atoms with Gasteiger partial charge in [-0.15, -0.1) is 0 Å². The van der Waals surface area contributed by atoms with Gasteiger partial charge in [0.2, 0.25) is 0 Å². The van der Waals surface area contributed by atoms with Crippen LogP contribution in [0.2, 0.25) is 0 Å². The lowest BCUT2D eigenvalue weighted by atomic mass is 9.87. The van der Waals surface area contributed by atoms with E-state index in [9.17, 15) is 19.9 Å². The summed E-state index contributed by atoms with van der Waals surface area (Å²) < 4.78 is 1.32. The van der Waals surface area contributed by atoms with E-state index in [2.05, 4.69) is 39.8 Å². The molecule has 1 aromatic heterocycles. The number of hydrogen-bond donors (Lipinski definition) is 2. The molecule has 2 unspecified atom stereocenters. The third-order valence-corrected chi connectivity index (χ3v) is 5.43. The van der Waals surface area contributed by atoms with Gasteiger partial charge in [0.15, 0.2) is 0 Å². The Labute approximate surface area is 171 Å². The van der Waals surface area contributed by atoms with Crippen LogP contribution in [0.3, 0.4) is 0 Å². The van der Waals surface area contributed by atoms with Crippen LogP contribution in [-0.4, -0.2) is 50.7 Å². The number of nitroso groups, excluding NO2 is 2. The van der Waals surface area contributed by atoms with Crippen molar-refractivity contribution in [3.05, 3.63) is 32.3 Å². The van der Waals surface area contributed by atoms with Gasteiger partial charge in [-0.2, -0.15) is 9.81 Å². The van der Waals surface area contributed by atoms with Gasteiger partial charge in [-0.25, -0.2) is 4.57 Å². The highest BCUT2D eigenvalue weighted by atomic mass is 16.6. The summed E-state index contributed by atoms with van der Waals surface area (Å²) in [4.78, 5) is 36.5. The zero-order valence-corrected chi connectivity index (χ0v) is 18.3. The Balaban J connectivity index is 2.75. The maximum absolute atomic E-state index is 11.5. The second kappa shape index (κ2) is 9.49. The molecule has 11 heteroatoms. The molecular formula is C18H33N7O4. The first-order chi connectivity index (χ1) is 13.3. The van der Waals surface area contributed by atoms with E-state index in [1.807, 2.05) is 27.7 Å². The van der Waals surface area contributed by atoms with Gasteiger partial charge in [-0.1, -0.05) is 29.2 Å². The number of imidazole rings is 1. The molecule has 1 aromatic rings. The van der Waals surface area contributed by atoms with Crippen LogP contribution in [0.15, 0.2) is 22.7 Å². The summed E-state index contributed by atoms with van der Waals surface area (Å²) >= 11 is 0. The third kappa shape index (κ3) is 6.93. The molecule has 0 aromatic carbocycles. The molecule has 2 atom stereocenters. The zero-order chi connectivity index (χ0) is 22.5. The predicted molar refractivity (Wildman–Crippen MR) is 112 cm³/mol. The van der Waals surface area contributed by atoms with Crippen LogP contribution < -0.4 is 10.6 Å². The van der Waals surface area contributed by atoms with Crippen molar-refractivity contribution in [2.75, 3.05) is 13.1 Å². The molecule has 1 rings (SSSR count). The Morgan fingerprint density at radius 1 is 1.10 bits per heavy atom. The lowest BCUT2D eigenvalue weighted by Gasteiger charge is -2.37. The molecule has 0 bridgehead atoms. The van der Waals surface area contributed by atoms with Gasteiger partial charge in [0.1, 0.15) is 24.5 Å². The largest absolute Gasteiger partial charge is 0.434 e. The molecule has 0 fully saturated rings. The van der Waals surface area contributed by atoms with Crippen molar-refractivity contribution < 1.29 is 4.92 Å². The third-order valence-electron chi connectivity index (χ3n) is 5.43. The summed E-state index contributed by atoms with van der Waals surface area (Å²) in [7, 11) is 0. The Kier molecular flexibility index (Phi) is 8.10. The normalized spacial score (nSPS) is 15.0. The van der Waals surface area contributed by atoms with Gasteiger partial charge in [0.25, 0.3) is 0 Å². The summed E-state index contributed by atoms with van der Waals surface area (Å²) in [6.07, 6.45) is 2.79. The van der Waals surface area contributed by atoms with E-state index in [0.717, 1.165) is 0 Å². The number of aromatic nitrogens is 2. The number of nitrogens with zero attached hydrogens (tertiary/aromatic N) is 5. The second-order valence-corrected chi connectivity index (χ2v) is 9.35. The van der Waals surface area contributed by atoms with Gasteiger partial charge >= 0.3 is 5.95 Å². The maximum Gasteiger partial charge on any atom is 0.434 e. The van der Waals surface area contributed by atoms with Gasteiger partial charge in [-0.3, -0.25) is 0 Å². The molecule has 0 saturated heterocycles. The first-order valence-electron chi connectivity index (χ1n) is 9.56. The molecule has 0 aliphatic carbocycles. The summed E-state index contributed by atoms with van der Waals surface area (Å²) in [5, 5.41) is 24.1.